The number of rotatable bonds is 5. The van der Waals surface area contributed by atoms with Gasteiger partial charge in [0.15, 0.2) is 0 Å². The number of hydrogen-bond acceptors (Lipinski definition) is 1. The number of hydrogen-bond donors (Lipinski definition) is 0. The first-order chi connectivity index (χ1) is 9.36. The normalized spacial score (nSPS) is 16.8. The maximum Gasteiger partial charge on any atom is 0.272 e. The Bertz CT molecular complexity index is 366. The van der Waals surface area contributed by atoms with Crippen molar-refractivity contribution in [2.45, 2.75) is 51.4 Å². The van der Waals surface area contributed by atoms with E-state index in [2.05, 4.69) is 5.32 Å². The van der Waals surface area contributed by atoms with Gasteiger partial charge in [-0.25, -0.2) is 5.32 Å². The molecule has 0 unspecified atom stereocenters. The van der Waals surface area contributed by atoms with E-state index in [4.69, 9.17) is 0 Å². The van der Waals surface area contributed by atoms with Gasteiger partial charge >= 0.3 is 0 Å². The molecule has 0 saturated heterocycles. The largest absolute Gasteiger partial charge is 0.272 e. The van der Waals surface area contributed by atoms with Crippen molar-refractivity contribution < 1.29 is 4.79 Å². The molecule has 1 fully saturated rings. The van der Waals surface area contributed by atoms with Gasteiger partial charge in [0.05, 0.1) is 0 Å². The highest BCUT2D eigenvalue weighted by atomic mass is 16.1. The molecule has 0 atom stereocenters. The summed E-state index contributed by atoms with van der Waals surface area (Å²) in [5, 5.41) is 4.16. The van der Waals surface area contributed by atoms with Crippen LogP contribution in [0.1, 0.15) is 61.7 Å². The van der Waals surface area contributed by atoms with Crippen molar-refractivity contribution >= 4 is 5.91 Å². The fourth-order valence-electron chi connectivity index (χ4n) is 2.89. The summed E-state index contributed by atoms with van der Waals surface area (Å²) in [6, 6.07) is 9.35. The van der Waals surface area contributed by atoms with Gasteiger partial charge in [0, 0.05) is 12.1 Å². The van der Waals surface area contributed by atoms with Crippen molar-refractivity contribution in [2.24, 2.45) is 5.92 Å². The summed E-state index contributed by atoms with van der Waals surface area (Å²) in [5.74, 6) is 0.811. The molecule has 0 aliphatic heterocycles. The van der Waals surface area contributed by atoms with E-state index in [1.165, 1.54) is 44.9 Å². The first-order valence-corrected chi connectivity index (χ1v) is 7.63. The molecule has 2 rings (SSSR count). The molecule has 1 radical (unpaired) electrons. The van der Waals surface area contributed by atoms with Crippen molar-refractivity contribution in [2.75, 3.05) is 6.54 Å². The smallest absolute Gasteiger partial charge is 0.267 e. The minimum Gasteiger partial charge on any atom is -0.267 e. The van der Waals surface area contributed by atoms with Crippen LogP contribution in [0.15, 0.2) is 30.3 Å². The Balaban J connectivity index is 1.62. The third kappa shape index (κ3) is 5.06. The SMILES string of the molecule is O=C([N]CCCC1CCCCCC1)c1ccccc1. The van der Waals surface area contributed by atoms with Crippen LogP contribution in [0.5, 0.6) is 0 Å². The average molecular weight is 258 g/mol. The number of carbonyl (C=O) groups excluding carboxylic acids is 1. The lowest BCUT2D eigenvalue weighted by Gasteiger charge is -2.13. The molecule has 1 aliphatic carbocycles. The second-order valence-electron chi connectivity index (χ2n) is 5.55. The molecular formula is C17H24NO. The van der Waals surface area contributed by atoms with Gasteiger partial charge in [-0.3, -0.25) is 4.79 Å². The summed E-state index contributed by atoms with van der Waals surface area (Å²) in [7, 11) is 0. The molecule has 2 heteroatoms. The van der Waals surface area contributed by atoms with Gasteiger partial charge in [-0.15, -0.1) is 0 Å². The maximum absolute atomic E-state index is 11.8. The minimum atomic E-state index is -0.0681. The zero-order valence-corrected chi connectivity index (χ0v) is 11.7. The Morgan fingerprint density at radius 1 is 1.05 bits per heavy atom. The van der Waals surface area contributed by atoms with Crippen molar-refractivity contribution in [3.63, 3.8) is 0 Å². The van der Waals surface area contributed by atoms with Gasteiger partial charge in [-0.1, -0.05) is 56.7 Å². The van der Waals surface area contributed by atoms with E-state index in [1.807, 2.05) is 30.3 Å². The molecule has 1 saturated carbocycles. The minimum absolute atomic E-state index is 0.0681. The van der Waals surface area contributed by atoms with E-state index in [-0.39, 0.29) is 5.91 Å². The summed E-state index contributed by atoms with van der Waals surface area (Å²) < 4.78 is 0. The van der Waals surface area contributed by atoms with Crippen LogP contribution in [0.4, 0.5) is 0 Å². The maximum atomic E-state index is 11.8. The van der Waals surface area contributed by atoms with Crippen molar-refractivity contribution in [1.29, 1.82) is 0 Å². The molecule has 0 bridgehead atoms. The molecule has 1 aromatic rings. The van der Waals surface area contributed by atoms with Gasteiger partial charge < -0.3 is 0 Å². The fraction of sp³-hybridized carbons (Fsp3) is 0.588. The van der Waals surface area contributed by atoms with Gasteiger partial charge in [-0.2, -0.15) is 0 Å². The van der Waals surface area contributed by atoms with Crippen LogP contribution in [-0.2, 0) is 0 Å². The summed E-state index contributed by atoms with van der Waals surface area (Å²) in [6.07, 6.45) is 10.7. The van der Waals surface area contributed by atoms with Crippen LogP contribution in [0.25, 0.3) is 0 Å². The third-order valence-electron chi connectivity index (χ3n) is 4.02. The summed E-state index contributed by atoms with van der Waals surface area (Å²) >= 11 is 0. The van der Waals surface area contributed by atoms with E-state index >= 15 is 0 Å². The third-order valence-corrected chi connectivity index (χ3v) is 4.02. The second-order valence-corrected chi connectivity index (χ2v) is 5.55. The first-order valence-electron chi connectivity index (χ1n) is 7.63. The number of amides is 1. The zero-order chi connectivity index (χ0) is 13.3. The summed E-state index contributed by atoms with van der Waals surface area (Å²) in [5.41, 5.74) is 0.706. The quantitative estimate of drug-likeness (QED) is 0.575. The Labute approximate surface area is 116 Å². The lowest BCUT2D eigenvalue weighted by atomic mass is 9.95. The van der Waals surface area contributed by atoms with Crippen LogP contribution < -0.4 is 5.32 Å². The van der Waals surface area contributed by atoms with Gasteiger partial charge in [0.25, 0.3) is 5.91 Å². The topological polar surface area (TPSA) is 31.2 Å². The van der Waals surface area contributed by atoms with E-state index in [1.54, 1.807) is 0 Å². The molecule has 103 valence electrons. The van der Waals surface area contributed by atoms with Crippen LogP contribution in [0.2, 0.25) is 0 Å². The zero-order valence-electron chi connectivity index (χ0n) is 11.7. The predicted octanol–water partition coefficient (Wildman–Crippen LogP) is 4.18. The molecule has 2 nitrogen and oxygen atoms in total. The first kappa shape index (κ1) is 14.1. The number of benzene rings is 1. The van der Waals surface area contributed by atoms with Crippen molar-refractivity contribution in [3.8, 4) is 0 Å². The van der Waals surface area contributed by atoms with Crippen LogP contribution in [0.3, 0.4) is 0 Å². The lowest BCUT2D eigenvalue weighted by molar-refractivity contribution is 0.0947. The average Bonchev–Trinajstić information content (AvgIpc) is 2.73. The van der Waals surface area contributed by atoms with E-state index in [9.17, 15) is 4.79 Å². The van der Waals surface area contributed by atoms with E-state index < -0.39 is 0 Å². The molecule has 1 amide bonds. The predicted molar refractivity (Wildman–Crippen MR) is 78.2 cm³/mol. The molecule has 0 aromatic heterocycles. The molecule has 0 spiro atoms. The fourth-order valence-corrected chi connectivity index (χ4v) is 2.89. The van der Waals surface area contributed by atoms with Gasteiger partial charge in [-0.05, 0) is 30.9 Å². The highest BCUT2D eigenvalue weighted by molar-refractivity contribution is 5.93. The lowest BCUT2D eigenvalue weighted by Crippen LogP contribution is -2.17. The number of carbonyl (C=O) groups is 1. The monoisotopic (exact) mass is 258 g/mol. The molecule has 19 heavy (non-hydrogen) atoms. The Morgan fingerprint density at radius 3 is 2.42 bits per heavy atom. The van der Waals surface area contributed by atoms with E-state index in [0.717, 1.165) is 12.3 Å². The van der Waals surface area contributed by atoms with Gasteiger partial charge in [0.2, 0.25) is 0 Å². The van der Waals surface area contributed by atoms with Crippen LogP contribution >= 0.6 is 0 Å². The Kier molecular flexibility index (Phi) is 5.93. The molecule has 1 aliphatic rings. The molecule has 0 N–H and O–H groups in total. The summed E-state index contributed by atoms with van der Waals surface area (Å²) in [6.45, 7) is 0.685. The van der Waals surface area contributed by atoms with Crippen molar-refractivity contribution in [3.05, 3.63) is 35.9 Å². The highest BCUT2D eigenvalue weighted by Crippen LogP contribution is 2.26. The highest BCUT2D eigenvalue weighted by Gasteiger charge is 2.12. The standard InChI is InChI=1S/C17H24NO/c19-17(16-12-6-3-7-13-16)18-14-8-11-15-9-4-1-2-5-10-15/h3,6-7,12-13,15H,1-2,4-5,8-11,14H2. The van der Waals surface area contributed by atoms with Crippen molar-refractivity contribution in [1.82, 2.24) is 5.32 Å². The summed E-state index contributed by atoms with van der Waals surface area (Å²) in [4.78, 5) is 11.8. The van der Waals surface area contributed by atoms with Crippen LogP contribution in [0, 0.1) is 5.92 Å². The second kappa shape index (κ2) is 7.98. The van der Waals surface area contributed by atoms with Crippen LogP contribution in [-0.4, -0.2) is 12.5 Å². The molecule has 1 aromatic carbocycles. The molecule has 0 heterocycles. The Morgan fingerprint density at radius 2 is 1.74 bits per heavy atom. The van der Waals surface area contributed by atoms with Gasteiger partial charge in [0.1, 0.15) is 0 Å². The molecular weight excluding hydrogens is 234 g/mol. The number of nitrogens with zero attached hydrogens (tertiary/aromatic N) is 1. The Hall–Kier alpha value is -1.31. The van der Waals surface area contributed by atoms with E-state index in [0.29, 0.717) is 12.1 Å².